The molecule has 0 saturated carbocycles. The molecule has 3 heteroatoms. The van der Waals surface area contributed by atoms with E-state index in [2.05, 4.69) is 16.9 Å². The molecule has 0 radical (unpaired) electrons. The van der Waals surface area contributed by atoms with Crippen LogP contribution in [0.25, 0.3) is 10.8 Å². The molecular weight excluding hydrogens is 162 g/mol. The fraction of sp³-hybridized carbons (Fsp3) is 0.200. The van der Waals surface area contributed by atoms with Crippen LogP contribution in [0.1, 0.15) is 12.6 Å². The van der Waals surface area contributed by atoms with E-state index >= 15 is 0 Å². The Bertz CT molecular complexity index is 437. The van der Waals surface area contributed by atoms with Gasteiger partial charge in [-0.25, -0.2) is 4.98 Å². The van der Waals surface area contributed by atoms with E-state index in [0.29, 0.717) is 5.82 Å². The summed E-state index contributed by atoms with van der Waals surface area (Å²) in [6, 6.07) is 4.00. The quantitative estimate of drug-likeness (QED) is 0.715. The highest BCUT2D eigenvalue weighted by Crippen LogP contribution is 2.17. The van der Waals surface area contributed by atoms with Gasteiger partial charge in [-0.1, -0.05) is 6.92 Å². The Morgan fingerprint density at radius 1 is 1.38 bits per heavy atom. The van der Waals surface area contributed by atoms with E-state index in [-0.39, 0.29) is 0 Å². The topological polar surface area (TPSA) is 51.8 Å². The summed E-state index contributed by atoms with van der Waals surface area (Å²) in [5.41, 5.74) is 6.78. The maximum Gasteiger partial charge on any atom is 0.132 e. The molecule has 2 rings (SSSR count). The lowest BCUT2D eigenvalue weighted by atomic mass is 10.1. The normalized spacial score (nSPS) is 10.5. The molecule has 0 bridgehead atoms. The van der Waals surface area contributed by atoms with Crippen molar-refractivity contribution in [3.05, 3.63) is 30.2 Å². The van der Waals surface area contributed by atoms with Crippen molar-refractivity contribution >= 4 is 16.6 Å². The molecule has 3 nitrogen and oxygen atoms in total. The van der Waals surface area contributed by atoms with E-state index < -0.39 is 0 Å². The average Bonchev–Trinajstić information content (AvgIpc) is 2.18. The van der Waals surface area contributed by atoms with Crippen LogP contribution in [0.2, 0.25) is 0 Å². The summed E-state index contributed by atoms with van der Waals surface area (Å²) in [6.07, 6.45) is 4.45. The highest BCUT2D eigenvalue weighted by molar-refractivity contribution is 5.90. The summed E-state index contributed by atoms with van der Waals surface area (Å²) >= 11 is 0. The average molecular weight is 173 g/mol. The van der Waals surface area contributed by atoms with Crippen molar-refractivity contribution in [1.29, 1.82) is 0 Å². The molecule has 2 N–H and O–H groups in total. The number of nitrogens with zero attached hydrogens (tertiary/aromatic N) is 2. The molecule has 0 spiro atoms. The molecule has 13 heavy (non-hydrogen) atoms. The molecule has 0 aliphatic carbocycles. The van der Waals surface area contributed by atoms with E-state index in [9.17, 15) is 0 Å². The monoisotopic (exact) mass is 173 g/mol. The van der Waals surface area contributed by atoms with Crippen molar-refractivity contribution in [3.8, 4) is 0 Å². The third kappa shape index (κ3) is 1.33. The molecule has 0 atom stereocenters. The molecule has 2 heterocycles. The maximum atomic E-state index is 5.70. The number of pyridine rings is 2. The SMILES string of the molecule is CCc1cc2ccnc(N)c2cn1. The lowest BCUT2D eigenvalue weighted by Gasteiger charge is -2.01. The van der Waals surface area contributed by atoms with E-state index in [1.165, 1.54) is 0 Å². The van der Waals surface area contributed by atoms with Crippen molar-refractivity contribution in [2.45, 2.75) is 13.3 Å². The largest absolute Gasteiger partial charge is 0.383 e. The zero-order valence-electron chi connectivity index (χ0n) is 7.49. The maximum absolute atomic E-state index is 5.70. The van der Waals surface area contributed by atoms with Gasteiger partial charge in [0.1, 0.15) is 5.82 Å². The lowest BCUT2D eigenvalue weighted by Crippen LogP contribution is -1.93. The number of aryl methyl sites for hydroxylation is 1. The fourth-order valence-corrected chi connectivity index (χ4v) is 1.33. The lowest BCUT2D eigenvalue weighted by molar-refractivity contribution is 1.04. The van der Waals surface area contributed by atoms with Crippen molar-refractivity contribution < 1.29 is 0 Å². The Kier molecular flexibility index (Phi) is 1.85. The van der Waals surface area contributed by atoms with Crippen LogP contribution in [0, 0.1) is 0 Å². The van der Waals surface area contributed by atoms with Crippen LogP contribution in [-0.4, -0.2) is 9.97 Å². The molecule has 0 amide bonds. The zero-order chi connectivity index (χ0) is 9.26. The van der Waals surface area contributed by atoms with E-state index in [0.717, 1.165) is 22.9 Å². The van der Waals surface area contributed by atoms with Crippen LogP contribution in [-0.2, 0) is 6.42 Å². The molecule has 66 valence electrons. The Hall–Kier alpha value is -1.64. The third-order valence-electron chi connectivity index (χ3n) is 2.10. The molecule has 0 aromatic carbocycles. The van der Waals surface area contributed by atoms with Crippen molar-refractivity contribution in [2.75, 3.05) is 5.73 Å². The summed E-state index contributed by atoms with van der Waals surface area (Å²) in [7, 11) is 0. The van der Waals surface area contributed by atoms with Crippen LogP contribution in [0.5, 0.6) is 0 Å². The number of nitrogens with two attached hydrogens (primary N) is 1. The minimum atomic E-state index is 0.549. The van der Waals surface area contributed by atoms with E-state index in [1.54, 1.807) is 12.4 Å². The van der Waals surface area contributed by atoms with Gasteiger partial charge in [-0.2, -0.15) is 0 Å². The van der Waals surface area contributed by atoms with Crippen molar-refractivity contribution in [1.82, 2.24) is 9.97 Å². The number of aromatic nitrogens is 2. The summed E-state index contributed by atoms with van der Waals surface area (Å²) in [5, 5.41) is 2.04. The second-order valence-corrected chi connectivity index (χ2v) is 2.95. The second kappa shape index (κ2) is 3.01. The second-order valence-electron chi connectivity index (χ2n) is 2.95. The van der Waals surface area contributed by atoms with E-state index in [1.807, 2.05) is 12.1 Å². The van der Waals surface area contributed by atoms with Crippen molar-refractivity contribution in [3.63, 3.8) is 0 Å². The van der Waals surface area contributed by atoms with Crippen LogP contribution >= 0.6 is 0 Å². The standard InChI is InChI=1S/C10H11N3/c1-2-8-5-7-3-4-12-10(11)9(7)6-13-8/h3-6H,2H2,1H3,(H2,11,12). The Morgan fingerprint density at radius 2 is 2.23 bits per heavy atom. The number of rotatable bonds is 1. The summed E-state index contributed by atoms with van der Waals surface area (Å²) in [4.78, 5) is 8.27. The number of hydrogen-bond acceptors (Lipinski definition) is 3. The van der Waals surface area contributed by atoms with Crippen LogP contribution in [0.4, 0.5) is 5.82 Å². The first-order valence-electron chi connectivity index (χ1n) is 4.30. The fourth-order valence-electron chi connectivity index (χ4n) is 1.33. The molecule has 0 aliphatic rings. The van der Waals surface area contributed by atoms with Gasteiger partial charge in [0.15, 0.2) is 0 Å². The number of fused-ring (bicyclic) bond motifs is 1. The summed E-state index contributed by atoms with van der Waals surface area (Å²) < 4.78 is 0. The highest BCUT2D eigenvalue weighted by atomic mass is 14.8. The summed E-state index contributed by atoms with van der Waals surface area (Å²) in [6.45, 7) is 2.08. The first kappa shape index (κ1) is 7.98. The highest BCUT2D eigenvalue weighted by Gasteiger charge is 1.99. The molecule has 0 saturated heterocycles. The first-order valence-corrected chi connectivity index (χ1v) is 4.30. The number of nitrogen functional groups attached to an aromatic ring is 1. The minimum absolute atomic E-state index is 0.549. The van der Waals surface area contributed by atoms with Gasteiger partial charge in [-0.3, -0.25) is 4.98 Å². The molecule has 0 unspecified atom stereocenters. The molecular formula is C10H11N3. The van der Waals surface area contributed by atoms with Gasteiger partial charge >= 0.3 is 0 Å². The van der Waals surface area contributed by atoms with Gasteiger partial charge < -0.3 is 5.73 Å². The molecule has 0 fully saturated rings. The number of hydrogen-bond donors (Lipinski definition) is 1. The van der Waals surface area contributed by atoms with Crippen LogP contribution in [0.3, 0.4) is 0 Å². The Labute approximate surface area is 76.6 Å². The molecule has 0 aliphatic heterocycles. The van der Waals surface area contributed by atoms with Gasteiger partial charge in [0.25, 0.3) is 0 Å². The minimum Gasteiger partial charge on any atom is -0.383 e. The van der Waals surface area contributed by atoms with Gasteiger partial charge in [0.2, 0.25) is 0 Å². The third-order valence-corrected chi connectivity index (χ3v) is 2.10. The smallest absolute Gasteiger partial charge is 0.132 e. The summed E-state index contributed by atoms with van der Waals surface area (Å²) in [5.74, 6) is 0.549. The van der Waals surface area contributed by atoms with Crippen LogP contribution in [0.15, 0.2) is 24.5 Å². The molecule has 2 aromatic rings. The predicted octanol–water partition coefficient (Wildman–Crippen LogP) is 1.77. The number of anilines is 1. The van der Waals surface area contributed by atoms with Gasteiger partial charge in [-0.15, -0.1) is 0 Å². The van der Waals surface area contributed by atoms with E-state index in [4.69, 9.17) is 5.73 Å². The van der Waals surface area contributed by atoms with Gasteiger partial charge in [0.05, 0.1) is 0 Å². The van der Waals surface area contributed by atoms with Gasteiger partial charge in [0, 0.05) is 23.5 Å². The van der Waals surface area contributed by atoms with Crippen LogP contribution < -0.4 is 5.73 Å². The Balaban J connectivity index is 2.72. The zero-order valence-corrected chi connectivity index (χ0v) is 7.49. The van der Waals surface area contributed by atoms with Gasteiger partial charge in [-0.05, 0) is 23.9 Å². The Morgan fingerprint density at radius 3 is 3.00 bits per heavy atom. The first-order chi connectivity index (χ1) is 6.31. The molecule has 2 aromatic heterocycles. The predicted molar refractivity (Wildman–Crippen MR) is 53.3 cm³/mol. The van der Waals surface area contributed by atoms with Crippen molar-refractivity contribution in [2.24, 2.45) is 0 Å².